The van der Waals surface area contributed by atoms with Gasteiger partial charge in [0.15, 0.2) is 0 Å². The third-order valence-electron chi connectivity index (χ3n) is 3.40. The van der Waals surface area contributed by atoms with Crippen LogP contribution in [0.5, 0.6) is 0 Å². The second-order valence-corrected chi connectivity index (χ2v) is 5.68. The molecule has 1 N–H and O–H groups in total. The van der Waals surface area contributed by atoms with Gasteiger partial charge in [0.1, 0.15) is 4.88 Å². The summed E-state index contributed by atoms with van der Waals surface area (Å²) in [4.78, 5) is 25.8. The van der Waals surface area contributed by atoms with Crippen molar-refractivity contribution in [3.8, 4) is 0 Å². The van der Waals surface area contributed by atoms with Crippen LogP contribution in [0.3, 0.4) is 0 Å². The van der Waals surface area contributed by atoms with Gasteiger partial charge in [-0.15, -0.1) is 11.3 Å². The van der Waals surface area contributed by atoms with Crippen LogP contribution in [0.1, 0.15) is 40.7 Å². The molecule has 0 aliphatic carbocycles. The molecule has 2 rings (SSSR count). The maximum Gasteiger partial charge on any atom is 0.345 e. The zero-order valence-electron chi connectivity index (χ0n) is 10.4. The Kier molecular flexibility index (Phi) is 4.01. The summed E-state index contributed by atoms with van der Waals surface area (Å²) in [6.07, 6.45) is 3.36. The summed E-state index contributed by atoms with van der Waals surface area (Å²) in [5, 5.41) is 8.85. The van der Waals surface area contributed by atoms with E-state index in [1.54, 1.807) is 6.07 Å². The summed E-state index contributed by atoms with van der Waals surface area (Å²) in [6, 6.07) is 3.84. The predicted octanol–water partition coefficient (Wildman–Crippen LogP) is 2.39. The summed E-state index contributed by atoms with van der Waals surface area (Å²) in [5.74, 6) is -0.646. The molecule has 4 nitrogen and oxygen atoms in total. The molecule has 1 amide bonds. The van der Waals surface area contributed by atoms with Crippen LogP contribution in [-0.4, -0.2) is 34.5 Å². The van der Waals surface area contributed by atoms with Gasteiger partial charge in [-0.1, -0.05) is 6.92 Å². The van der Waals surface area contributed by atoms with Crippen molar-refractivity contribution in [2.45, 2.75) is 38.6 Å². The van der Waals surface area contributed by atoms with Crippen molar-refractivity contribution in [2.24, 2.45) is 0 Å². The van der Waals surface area contributed by atoms with E-state index in [2.05, 4.69) is 6.92 Å². The third kappa shape index (κ3) is 2.72. The molecule has 1 saturated heterocycles. The summed E-state index contributed by atoms with van der Waals surface area (Å²) >= 11 is 1.30. The van der Waals surface area contributed by atoms with Gasteiger partial charge in [-0.05, 0) is 31.4 Å². The smallest absolute Gasteiger partial charge is 0.345 e. The van der Waals surface area contributed by atoms with Gasteiger partial charge in [-0.2, -0.15) is 0 Å². The topological polar surface area (TPSA) is 57.6 Å². The Labute approximate surface area is 110 Å². The van der Waals surface area contributed by atoms with E-state index in [9.17, 15) is 9.59 Å². The van der Waals surface area contributed by atoms with Gasteiger partial charge >= 0.3 is 5.97 Å². The van der Waals surface area contributed by atoms with Gasteiger partial charge in [0, 0.05) is 23.9 Å². The minimum Gasteiger partial charge on any atom is -0.477 e. The second kappa shape index (κ2) is 5.52. The van der Waals surface area contributed by atoms with Gasteiger partial charge in [-0.25, -0.2) is 4.79 Å². The van der Waals surface area contributed by atoms with E-state index in [-0.39, 0.29) is 5.91 Å². The first-order valence-corrected chi connectivity index (χ1v) is 7.05. The van der Waals surface area contributed by atoms with Gasteiger partial charge in [-0.3, -0.25) is 4.79 Å². The SMILES string of the molecule is CCC1CCC(=O)N1CCc1ccc(C(=O)O)s1. The van der Waals surface area contributed by atoms with Gasteiger partial charge < -0.3 is 10.0 Å². The molecule has 0 saturated carbocycles. The standard InChI is InChI=1S/C13H17NO3S/c1-2-9-3-6-12(15)14(9)8-7-10-4-5-11(18-10)13(16)17/h4-5,9H,2-3,6-8H2,1H3,(H,16,17). The van der Waals surface area contributed by atoms with Gasteiger partial charge in [0.25, 0.3) is 0 Å². The number of hydrogen-bond donors (Lipinski definition) is 1. The molecule has 1 fully saturated rings. The zero-order valence-corrected chi connectivity index (χ0v) is 11.2. The van der Waals surface area contributed by atoms with E-state index in [4.69, 9.17) is 5.11 Å². The summed E-state index contributed by atoms with van der Waals surface area (Å²) in [7, 11) is 0. The van der Waals surface area contributed by atoms with Crippen molar-refractivity contribution in [3.05, 3.63) is 21.9 Å². The van der Waals surface area contributed by atoms with Crippen LogP contribution in [0.4, 0.5) is 0 Å². The highest BCUT2D eigenvalue weighted by molar-refractivity contribution is 7.13. The van der Waals surface area contributed by atoms with Crippen LogP contribution in [-0.2, 0) is 11.2 Å². The first-order valence-electron chi connectivity index (χ1n) is 6.23. The fourth-order valence-corrected chi connectivity index (χ4v) is 3.22. The molecule has 0 aromatic carbocycles. The number of amides is 1. The van der Waals surface area contributed by atoms with Crippen LogP contribution in [0.25, 0.3) is 0 Å². The Bertz CT molecular complexity index is 455. The van der Waals surface area contributed by atoms with Crippen molar-refractivity contribution in [1.82, 2.24) is 4.90 Å². The molecule has 0 spiro atoms. The van der Waals surface area contributed by atoms with E-state index in [0.717, 1.165) is 24.1 Å². The highest BCUT2D eigenvalue weighted by atomic mass is 32.1. The van der Waals surface area contributed by atoms with E-state index in [0.29, 0.717) is 23.9 Å². The molecule has 1 aromatic heterocycles. The van der Waals surface area contributed by atoms with E-state index in [1.165, 1.54) is 11.3 Å². The van der Waals surface area contributed by atoms with Gasteiger partial charge in [0.05, 0.1) is 0 Å². The quantitative estimate of drug-likeness (QED) is 0.891. The van der Waals surface area contributed by atoms with Crippen LogP contribution in [0.15, 0.2) is 12.1 Å². The number of hydrogen-bond acceptors (Lipinski definition) is 3. The average Bonchev–Trinajstić information content (AvgIpc) is 2.93. The van der Waals surface area contributed by atoms with Gasteiger partial charge in [0.2, 0.25) is 5.91 Å². The Balaban J connectivity index is 1.94. The monoisotopic (exact) mass is 267 g/mol. The Morgan fingerprint density at radius 3 is 2.94 bits per heavy atom. The largest absolute Gasteiger partial charge is 0.477 e. The number of carbonyl (C=O) groups excluding carboxylic acids is 1. The van der Waals surface area contributed by atoms with Crippen molar-refractivity contribution < 1.29 is 14.7 Å². The number of carbonyl (C=O) groups is 2. The molecular formula is C13H17NO3S. The van der Waals surface area contributed by atoms with Crippen molar-refractivity contribution in [3.63, 3.8) is 0 Å². The Hall–Kier alpha value is -1.36. The molecule has 1 atom stereocenters. The van der Waals surface area contributed by atoms with Crippen LogP contribution in [0, 0.1) is 0 Å². The lowest BCUT2D eigenvalue weighted by Crippen LogP contribution is -2.34. The highest BCUT2D eigenvalue weighted by Crippen LogP contribution is 2.23. The van der Waals surface area contributed by atoms with Crippen molar-refractivity contribution in [2.75, 3.05) is 6.54 Å². The number of likely N-dealkylation sites (tertiary alicyclic amines) is 1. The Morgan fingerprint density at radius 1 is 1.56 bits per heavy atom. The maximum absolute atomic E-state index is 11.7. The second-order valence-electron chi connectivity index (χ2n) is 4.51. The lowest BCUT2D eigenvalue weighted by molar-refractivity contribution is -0.128. The Morgan fingerprint density at radius 2 is 2.33 bits per heavy atom. The first kappa shape index (κ1) is 13.1. The van der Waals surface area contributed by atoms with Crippen molar-refractivity contribution in [1.29, 1.82) is 0 Å². The highest BCUT2D eigenvalue weighted by Gasteiger charge is 2.28. The molecule has 1 aliphatic heterocycles. The minimum atomic E-state index is -0.880. The van der Waals surface area contributed by atoms with Crippen LogP contribution >= 0.6 is 11.3 Å². The zero-order chi connectivity index (χ0) is 13.1. The molecule has 5 heteroatoms. The third-order valence-corrected chi connectivity index (χ3v) is 4.53. The number of carboxylic acid groups (broad SMARTS) is 1. The molecule has 1 aliphatic rings. The van der Waals surface area contributed by atoms with Crippen LogP contribution < -0.4 is 0 Å². The lowest BCUT2D eigenvalue weighted by atomic mass is 10.1. The van der Waals surface area contributed by atoms with Crippen molar-refractivity contribution >= 4 is 23.2 Å². The summed E-state index contributed by atoms with van der Waals surface area (Å²) < 4.78 is 0. The molecule has 18 heavy (non-hydrogen) atoms. The fraction of sp³-hybridized carbons (Fsp3) is 0.538. The first-order chi connectivity index (χ1) is 8.61. The maximum atomic E-state index is 11.7. The minimum absolute atomic E-state index is 0.233. The molecule has 98 valence electrons. The molecule has 0 radical (unpaired) electrons. The molecule has 2 heterocycles. The van der Waals surface area contributed by atoms with E-state index >= 15 is 0 Å². The number of thiophene rings is 1. The fourth-order valence-electron chi connectivity index (χ4n) is 2.38. The normalized spacial score (nSPS) is 19.5. The molecular weight excluding hydrogens is 250 g/mol. The van der Waals surface area contributed by atoms with E-state index in [1.807, 2.05) is 11.0 Å². The predicted molar refractivity (Wildman–Crippen MR) is 70.0 cm³/mol. The van der Waals surface area contributed by atoms with E-state index < -0.39 is 5.97 Å². The molecule has 0 bridgehead atoms. The number of rotatable bonds is 5. The molecule has 1 unspecified atom stereocenters. The average molecular weight is 267 g/mol. The number of aromatic carboxylic acids is 1. The lowest BCUT2D eigenvalue weighted by Gasteiger charge is -2.23. The summed E-state index contributed by atoms with van der Waals surface area (Å²) in [5.41, 5.74) is 0. The van der Waals surface area contributed by atoms with Crippen LogP contribution in [0.2, 0.25) is 0 Å². The molecule has 1 aromatic rings. The summed E-state index contributed by atoms with van der Waals surface area (Å²) in [6.45, 7) is 2.81. The number of nitrogens with zero attached hydrogens (tertiary/aromatic N) is 1. The number of carboxylic acids is 1.